The highest BCUT2D eigenvalue weighted by Gasteiger charge is 2.21. The molecule has 1 aromatic heterocycles. The van der Waals surface area contributed by atoms with Gasteiger partial charge in [0.05, 0.1) is 31.7 Å². The molecule has 1 N–H and O–H groups in total. The number of anilines is 1. The van der Waals surface area contributed by atoms with Crippen LogP contribution in [0, 0.1) is 0 Å². The van der Waals surface area contributed by atoms with Crippen LogP contribution >= 0.6 is 11.8 Å². The molecule has 0 bridgehead atoms. The van der Waals surface area contributed by atoms with Crippen molar-refractivity contribution < 1.29 is 9.84 Å². The molecular formula is C16H19N3O2S. The molecule has 2 aromatic rings. The fraction of sp³-hybridized carbons (Fsp3) is 0.375. The van der Waals surface area contributed by atoms with Crippen molar-refractivity contribution in [2.75, 3.05) is 31.2 Å². The fourth-order valence-corrected chi connectivity index (χ4v) is 3.13. The van der Waals surface area contributed by atoms with Crippen LogP contribution in [0.5, 0.6) is 0 Å². The number of benzene rings is 1. The number of hydrogen-bond donors (Lipinski definition) is 1. The summed E-state index contributed by atoms with van der Waals surface area (Å²) in [5, 5.41) is 10.1. The molecular weight excluding hydrogens is 298 g/mol. The molecule has 0 spiro atoms. The van der Waals surface area contributed by atoms with E-state index in [0.29, 0.717) is 13.2 Å². The van der Waals surface area contributed by atoms with Gasteiger partial charge in [0.1, 0.15) is 10.8 Å². The average Bonchev–Trinajstić information content (AvgIpc) is 2.61. The maximum absolute atomic E-state index is 9.23. The standard InChI is InChI=1S/C16H19N3O2S/c20-11-14-10-19(6-7-21-14)15-8-17-9-16(18-15)22-12-13-4-2-1-3-5-13/h1-5,8-9,14,20H,6-7,10-12H2. The summed E-state index contributed by atoms with van der Waals surface area (Å²) in [6, 6.07) is 10.3. The molecule has 1 aromatic carbocycles. The number of nitrogens with zero attached hydrogens (tertiary/aromatic N) is 3. The van der Waals surface area contributed by atoms with Gasteiger partial charge >= 0.3 is 0 Å². The second-order valence-electron chi connectivity index (χ2n) is 5.11. The van der Waals surface area contributed by atoms with Gasteiger partial charge in [0.2, 0.25) is 0 Å². The monoisotopic (exact) mass is 317 g/mol. The van der Waals surface area contributed by atoms with E-state index >= 15 is 0 Å². The first-order valence-electron chi connectivity index (χ1n) is 7.31. The maximum Gasteiger partial charge on any atom is 0.148 e. The summed E-state index contributed by atoms with van der Waals surface area (Å²) in [5.74, 6) is 1.72. The van der Waals surface area contributed by atoms with E-state index in [9.17, 15) is 5.11 Å². The Morgan fingerprint density at radius 2 is 2.14 bits per heavy atom. The molecule has 1 atom stereocenters. The molecule has 1 aliphatic heterocycles. The smallest absolute Gasteiger partial charge is 0.148 e. The van der Waals surface area contributed by atoms with Crippen molar-refractivity contribution in [3.8, 4) is 0 Å². The van der Waals surface area contributed by atoms with Crippen molar-refractivity contribution in [2.24, 2.45) is 0 Å². The Kier molecular flexibility index (Phi) is 5.26. The third kappa shape index (κ3) is 3.97. The molecule has 0 aliphatic carbocycles. The molecule has 1 saturated heterocycles. The Morgan fingerprint density at radius 1 is 1.27 bits per heavy atom. The largest absolute Gasteiger partial charge is 0.394 e. The van der Waals surface area contributed by atoms with Crippen LogP contribution in [-0.4, -0.2) is 47.5 Å². The van der Waals surface area contributed by atoms with Crippen LogP contribution in [-0.2, 0) is 10.5 Å². The van der Waals surface area contributed by atoms with E-state index in [0.717, 1.165) is 23.1 Å². The Balaban J connectivity index is 1.64. The van der Waals surface area contributed by atoms with Gasteiger partial charge in [-0.05, 0) is 5.56 Å². The summed E-state index contributed by atoms with van der Waals surface area (Å²) < 4.78 is 5.47. The highest BCUT2D eigenvalue weighted by Crippen LogP contribution is 2.23. The van der Waals surface area contributed by atoms with Crippen LogP contribution in [0.2, 0.25) is 0 Å². The molecule has 2 heterocycles. The van der Waals surface area contributed by atoms with Gasteiger partial charge in [-0.2, -0.15) is 0 Å². The average molecular weight is 317 g/mol. The van der Waals surface area contributed by atoms with Crippen molar-refractivity contribution >= 4 is 17.6 Å². The van der Waals surface area contributed by atoms with Crippen LogP contribution in [0.25, 0.3) is 0 Å². The number of ether oxygens (including phenoxy) is 1. The normalized spacial score (nSPS) is 18.4. The Bertz CT molecular complexity index is 597. The van der Waals surface area contributed by atoms with Crippen LogP contribution in [0.4, 0.5) is 5.82 Å². The van der Waals surface area contributed by atoms with Gasteiger partial charge in [-0.1, -0.05) is 30.3 Å². The molecule has 6 heteroatoms. The summed E-state index contributed by atoms with van der Waals surface area (Å²) in [5.41, 5.74) is 1.27. The minimum Gasteiger partial charge on any atom is -0.394 e. The predicted molar refractivity (Wildman–Crippen MR) is 87.1 cm³/mol. The summed E-state index contributed by atoms with van der Waals surface area (Å²) in [7, 11) is 0. The highest BCUT2D eigenvalue weighted by molar-refractivity contribution is 7.98. The third-order valence-electron chi connectivity index (χ3n) is 3.50. The minimum absolute atomic E-state index is 0.0341. The summed E-state index contributed by atoms with van der Waals surface area (Å²) >= 11 is 1.68. The topological polar surface area (TPSA) is 58.5 Å². The Labute approximate surface area is 134 Å². The molecule has 22 heavy (non-hydrogen) atoms. The van der Waals surface area contributed by atoms with E-state index in [-0.39, 0.29) is 12.7 Å². The van der Waals surface area contributed by atoms with Crippen molar-refractivity contribution in [3.63, 3.8) is 0 Å². The second-order valence-corrected chi connectivity index (χ2v) is 6.11. The highest BCUT2D eigenvalue weighted by atomic mass is 32.2. The molecule has 0 amide bonds. The van der Waals surface area contributed by atoms with Gasteiger partial charge in [-0.25, -0.2) is 4.98 Å². The van der Waals surface area contributed by atoms with Crippen LogP contribution in [0.3, 0.4) is 0 Å². The predicted octanol–water partition coefficient (Wildman–Crippen LogP) is 1.97. The molecule has 5 nitrogen and oxygen atoms in total. The minimum atomic E-state index is -0.142. The number of rotatable bonds is 5. The number of thioether (sulfide) groups is 1. The maximum atomic E-state index is 9.23. The van der Waals surface area contributed by atoms with Gasteiger partial charge in [0.15, 0.2) is 0 Å². The van der Waals surface area contributed by atoms with E-state index in [1.807, 2.05) is 18.2 Å². The van der Waals surface area contributed by atoms with Crippen molar-refractivity contribution in [1.82, 2.24) is 9.97 Å². The van der Waals surface area contributed by atoms with Gasteiger partial charge in [0.25, 0.3) is 0 Å². The molecule has 116 valence electrons. The van der Waals surface area contributed by atoms with E-state index in [4.69, 9.17) is 4.74 Å². The first-order chi connectivity index (χ1) is 10.8. The summed E-state index contributed by atoms with van der Waals surface area (Å²) in [6.07, 6.45) is 3.42. The van der Waals surface area contributed by atoms with Crippen LogP contribution < -0.4 is 4.90 Å². The molecule has 1 fully saturated rings. The van der Waals surface area contributed by atoms with E-state index < -0.39 is 0 Å². The lowest BCUT2D eigenvalue weighted by Crippen LogP contribution is -2.44. The lowest BCUT2D eigenvalue weighted by molar-refractivity contribution is 0.00332. The number of hydrogen-bond acceptors (Lipinski definition) is 6. The zero-order chi connectivity index (χ0) is 15.2. The Hall–Kier alpha value is -1.63. The lowest BCUT2D eigenvalue weighted by atomic mass is 10.2. The van der Waals surface area contributed by atoms with Gasteiger partial charge < -0.3 is 14.7 Å². The second kappa shape index (κ2) is 7.58. The summed E-state index contributed by atoms with van der Waals surface area (Å²) in [4.78, 5) is 11.1. The Morgan fingerprint density at radius 3 is 2.95 bits per heavy atom. The van der Waals surface area contributed by atoms with E-state index in [1.54, 1.807) is 24.2 Å². The zero-order valence-electron chi connectivity index (χ0n) is 12.3. The zero-order valence-corrected chi connectivity index (χ0v) is 13.1. The van der Waals surface area contributed by atoms with Crippen molar-refractivity contribution in [3.05, 3.63) is 48.3 Å². The van der Waals surface area contributed by atoms with Crippen molar-refractivity contribution in [1.29, 1.82) is 0 Å². The third-order valence-corrected chi connectivity index (χ3v) is 4.47. The number of morpholine rings is 1. The molecule has 1 aliphatic rings. The first kappa shape index (κ1) is 15.3. The fourth-order valence-electron chi connectivity index (χ4n) is 2.33. The van der Waals surface area contributed by atoms with Gasteiger partial charge in [-0.3, -0.25) is 4.98 Å². The van der Waals surface area contributed by atoms with E-state index in [1.165, 1.54) is 5.56 Å². The van der Waals surface area contributed by atoms with Crippen LogP contribution in [0.15, 0.2) is 47.8 Å². The summed E-state index contributed by atoms with van der Waals surface area (Å²) in [6.45, 7) is 2.07. The quantitative estimate of drug-likeness (QED) is 0.851. The van der Waals surface area contributed by atoms with Gasteiger partial charge in [0, 0.05) is 18.8 Å². The molecule has 3 rings (SSSR count). The molecule has 1 unspecified atom stereocenters. The van der Waals surface area contributed by atoms with Gasteiger partial charge in [-0.15, -0.1) is 11.8 Å². The number of aliphatic hydroxyl groups excluding tert-OH is 1. The van der Waals surface area contributed by atoms with Crippen molar-refractivity contribution in [2.45, 2.75) is 16.9 Å². The van der Waals surface area contributed by atoms with Crippen LogP contribution in [0.1, 0.15) is 5.56 Å². The number of aliphatic hydroxyl groups is 1. The molecule has 0 saturated carbocycles. The SMILES string of the molecule is OCC1CN(c2cncc(SCc3ccccc3)n2)CCO1. The lowest BCUT2D eigenvalue weighted by Gasteiger charge is -2.32. The first-order valence-corrected chi connectivity index (χ1v) is 8.30. The number of aromatic nitrogens is 2. The van der Waals surface area contributed by atoms with E-state index in [2.05, 4.69) is 27.0 Å². The molecule has 0 radical (unpaired) electrons.